The van der Waals surface area contributed by atoms with Gasteiger partial charge in [-0.1, -0.05) is 17.7 Å². The SMILES string of the molecule is CC(OC(=O)c1c(F)cccc1Cl)C(=O)Nc1ccc(OC(F)(F)F)cc1. The first-order valence-corrected chi connectivity index (χ1v) is 7.76. The summed E-state index contributed by atoms with van der Waals surface area (Å²) < 4.78 is 58.6. The second-order valence-corrected chi connectivity index (χ2v) is 5.61. The molecule has 0 aliphatic carbocycles. The van der Waals surface area contributed by atoms with Gasteiger partial charge in [-0.2, -0.15) is 0 Å². The molecule has 1 unspecified atom stereocenters. The van der Waals surface area contributed by atoms with E-state index in [1.165, 1.54) is 31.2 Å². The molecule has 0 saturated carbocycles. The Morgan fingerprint density at radius 2 is 1.74 bits per heavy atom. The number of carbonyl (C=O) groups is 2. The minimum Gasteiger partial charge on any atom is -0.449 e. The highest BCUT2D eigenvalue weighted by Gasteiger charge is 2.31. The van der Waals surface area contributed by atoms with Crippen LogP contribution in [0.5, 0.6) is 5.75 Å². The first-order chi connectivity index (χ1) is 12.6. The van der Waals surface area contributed by atoms with Crippen molar-refractivity contribution in [1.82, 2.24) is 0 Å². The maximum Gasteiger partial charge on any atom is 0.573 e. The lowest BCUT2D eigenvalue weighted by molar-refractivity contribution is -0.274. The minimum absolute atomic E-state index is 0.140. The largest absolute Gasteiger partial charge is 0.573 e. The van der Waals surface area contributed by atoms with Gasteiger partial charge in [0.05, 0.1) is 5.02 Å². The summed E-state index contributed by atoms with van der Waals surface area (Å²) in [6.07, 6.45) is -6.15. The molecule has 0 aromatic heterocycles. The molecule has 1 N–H and O–H groups in total. The highest BCUT2D eigenvalue weighted by atomic mass is 35.5. The molecule has 5 nitrogen and oxygen atoms in total. The van der Waals surface area contributed by atoms with Crippen molar-refractivity contribution in [3.05, 3.63) is 58.9 Å². The summed E-state index contributed by atoms with van der Waals surface area (Å²) in [4.78, 5) is 24.0. The molecule has 27 heavy (non-hydrogen) atoms. The number of benzene rings is 2. The third-order valence-electron chi connectivity index (χ3n) is 3.18. The highest BCUT2D eigenvalue weighted by Crippen LogP contribution is 2.24. The average molecular weight is 406 g/mol. The van der Waals surface area contributed by atoms with Gasteiger partial charge in [0.2, 0.25) is 0 Å². The van der Waals surface area contributed by atoms with Gasteiger partial charge < -0.3 is 14.8 Å². The molecule has 2 aromatic rings. The van der Waals surface area contributed by atoms with Crippen molar-refractivity contribution >= 4 is 29.2 Å². The molecule has 0 aliphatic heterocycles. The molecule has 0 aliphatic rings. The van der Waals surface area contributed by atoms with E-state index in [4.69, 9.17) is 16.3 Å². The van der Waals surface area contributed by atoms with Crippen molar-refractivity contribution in [2.75, 3.05) is 5.32 Å². The number of amides is 1. The Kier molecular flexibility index (Phi) is 6.27. The molecule has 2 aromatic carbocycles. The van der Waals surface area contributed by atoms with Crippen LogP contribution in [0.1, 0.15) is 17.3 Å². The Bertz CT molecular complexity index is 820. The number of rotatable bonds is 5. The molecule has 0 fully saturated rings. The van der Waals surface area contributed by atoms with E-state index in [1.807, 2.05) is 0 Å². The maximum absolute atomic E-state index is 13.7. The van der Waals surface area contributed by atoms with Gasteiger partial charge in [-0.3, -0.25) is 4.79 Å². The van der Waals surface area contributed by atoms with Crippen molar-refractivity contribution in [1.29, 1.82) is 0 Å². The normalized spacial score (nSPS) is 12.2. The first kappa shape index (κ1) is 20.5. The van der Waals surface area contributed by atoms with E-state index >= 15 is 0 Å². The molecular weight excluding hydrogens is 394 g/mol. The molecule has 2 rings (SSSR count). The number of alkyl halides is 3. The zero-order valence-corrected chi connectivity index (χ0v) is 14.4. The van der Waals surface area contributed by atoms with Crippen molar-refractivity contribution < 1.29 is 36.6 Å². The summed E-state index contributed by atoms with van der Waals surface area (Å²) in [6.45, 7) is 1.24. The molecule has 1 amide bonds. The fourth-order valence-electron chi connectivity index (χ4n) is 1.95. The van der Waals surface area contributed by atoms with Gasteiger partial charge in [0.25, 0.3) is 5.91 Å². The summed E-state index contributed by atoms with van der Waals surface area (Å²) in [7, 11) is 0. The molecule has 0 spiro atoms. The standard InChI is InChI=1S/C17H12ClF4NO4/c1-9(26-16(25)14-12(18)3-2-4-13(14)19)15(24)23-10-5-7-11(8-6-10)27-17(20,21)22/h2-9H,1H3,(H,23,24). The predicted molar refractivity (Wildman–Crippen MR) is 88.0 cm³/mol. The molecular formula is C17H12ClF4NO4. The van der Waals surface area contributed by atoms with Crippen molar-refractivity contribution in [3.63, 3.8) is 0 Å². The number of hydrogen-bond donors (Lipinski definition) is 1. The number of carbonyl (C=O) groups excluding carboxylic acids is 2. The van der Waals surface area contributed by atoms with Crippen molar-refractivity contribution in [2.24, 2.45) is 0 Å². The van der Waals surface area contributed by atoms with E-state index in [0.717, 1.165) is 18.2 Å². The monoisotopic (exact) mass is 405 g/mol. The molecule has 1 atom stereocenters. The molecule has 0 saturated heterocycles. The summed E-state index contributed by atoms with van der Waals surface area (Å²) in [5, 5.41) is 2.16. The number of halogens is 5. The van der Waals surface area contributed by atoms with E-state index in [1.54, 1.807) is 0 Å². The Hall–Kier alpha value is -2.81. The van der Waals surface area contributed by atoms with E-state index in [0.29, 0.717) is 0 Å². The third-order valence-corrected chi connectivity index (χ3v) is 3.49. The van der Waals surface area contributed by atoms with Crippen LogP contribution < -0.4 is 10.1 Å². The number of nitrogens with one attached hydrogen (secondary N) is 1. The zero-order chi connectivity index (χ0) is 20.2. The number of esters is 1. The Morgan fingerprint density at radius 1 is 1.11 bits per heavy atom. The van der Waals surface area contributed by atoms with Gasteiger partial charge in [-0.25, -0.2) is 9.18 Å². The average Bonchev–Trinajstić information content (AvgIpc) is 2.55. The summed E-state index contributed by atoms with van der Waals surface area (Å²) in [5.41, 5.74) is -0.367. The van der Waals surface area contributed by atoms with Crippen LogP contribution in [0.3, 0.4) is 0 Å². The molecule has 0 heterocycles. The Balaban J connectivity index is 1.98. The summed E-state index contributed by atoms with van der Waals surface area (Å²) in [5.74, 6) is -3.27. The summed E-state index contributed by atoms with van der Waals surface area (Å²) >= 11 is 5.74. The fourth-order valence-corrected chi connectivity index (χ4v) is 2.19. The van der Waals surface area contributed by atoms with E-state index in [-0.39, 0.29) is 10.7 Å². The quantitative estimate of drug-likeness (QED) is 0.585. The Morgan fingerprint density at radius 3 is 2.30 bits per heavy atom. The lowest BCUT2D eigenvalue weighted by Gasteiger charge is -2.15. The van der Waals surface area contributed by atoms with Crippen LogP contribution in [0.15, 0.2) is 42.5 Å². The van der Waals surface area contributed by atoms with E-state index < -0.39 is 41.5 Å². The molecule has 0 bridgehead atoms. The van der Waals surface area contributed by atoms with Gasteiger partial charge >= 0.3 is 12.3 Å². The van der Waals surface area contributed by atoms with Crippen LogP contribution in [0.25, 0.3) is 0 Å². The van der Waals surface area contributed by atoms with Crippen LogP contribution in [0.2, 0.25) is 5.02 Å². The number of ether oxygens (including phenoxy) is 2. The van der Waals surface area contributed by atoms with Gasteiger partial charge in [-0.15, -0.1) is 13.2 Å². The van der Waals surface area contributed by atoms with Gasteiger partial charge in [0.1, 0.15) is 17.1 Å². The highest BCUT2D eigenvalue weighted by molar-refractivity contribution is 6.33. The van der Waals surface area contributed by atoms with Crippen molar-refractivity contribution in [2.45, 2.75) is 19.4 Å². The smallest absolute Gasteiger partial charge is 0.449 e. The second-order valence-electron chi connectivity index (χ2n) is 5.21. The maximum atomic E-state index is 13.7. The first-order valence-electron chi connectivity index (χ1n) is 7.38. The number of anilines is 1. The van der Waals surface area contributed by atoms with Crippen LogP contribution in [0.4, 0.5) is 23.2 Å². The molecule has 0 radical (unpaired) electrons. The van der Waals surface area contributed by atoms with Crippen LogP contribution in [0, 0.1) is 5.82 Å². The Labute approximate surface area is 155 Å². The summed E-state index contributed by atoms with van der Waals surface area (Å²) in [6, 6.07) is 7.94. The van der Waals surface area contributed by atoms with Gasteiger partial charge in [0.15, 0.2) is 6.10 Å². The molecule has 10 heteroatoms. The lowest BCUT2D eigenvalue weighted by Crippen LogP contribution is -2.30. The molecule has 144 valence electrons. The number of hydrogen-bond acceptors (Lipinski definition) is 4. The topological polar surface area (TPSA) is 64.6 Å². The lowest BCUT2D eigenvalue weighted by atomic mass is 10.2. The second kappa shape index (κ2) is 8.26. The van der Waals surface area contributed by atoms with Crippen LogP contribution in [-0.4, -0.2) is 24.3 Å². The third kappa shape index (κ3) is 5.85. The van der Waals surface area contributed by atoms with Gasteiger partial charge in [-0.05, 0) is 43.3 Å². The fraction of sp³-hybridized carbons (Fsp3) is 0.176. The predicted octanol–water partition coefficient (Wildman–Crippen LogP) is 4.56. The zero-order valence-electron chi connectivity index (χ0n) is 13.6. The van der Waals surface area contributed by atoms with Crippen LogP contribution in [-0.2, 0) is 9.53 Å². The van der Waals surface area contributed by atoms with Gasteiger partial charge in [0, 0.05) is 5.69 Å². The van der Waals surface area contributed by atoms with Crippen molar-refractivity contribution in [3.8, 4) is 5.75 Å². The minimum atomic E-state index is -4.83. The van der Waals surface area contributed by atoms with E-state index in [9.17, 15) is 27.2 Å². The van der Waals surface area contributed by atoms with E-state index in [2.05, 4.69) is 10.1 Å². The van der Waals surface area contributed by atoms with Crippen LogP contribution >= 0.6 is 11.6 Å².